The molecule has 0 aliphatic rings. The fourth-order valence-electron chi connectivity index (χ4n) is 1.69. The lowest BCUT2D eigenvalue weighted by Crippen LogP contribution is -2.09. The van der Waals surface area contributed by atoms with Crippen LogP contribution >= 0.6 is 11.3 Å². The maximum atomic E-state index is 11.0. The number of aliphatic hydroxyl groups excluding tert-OH is 1. The van der Waals surface area contributed by atoms with Crippen LogP contribution in [0.5, 0.6) is 5.75 Å². The van der Waals surface area contributed by atoms with E-state index in [0.29, 0.717) is 12.5 Å². The third-order valence-electron chi connectivity index (χ3n) is 2.81. The Kier molecular flexibility index (Phi) is 4.90. The number of carboxylic acids is 1. The lowest BCUT2D eigenvalue weighted by molar-refractivity contribution is -0.146. The number of aliphatic hydroxyl groups is 1. The molecular formula is C15H13NO5S. The summed E-state index contributed by atoms with van der Waals surface area (Å²) in [5.74, 6) is -2.51. The molecule has 7 heteroatoms. The highest BCUT2D eigenvalue weighted by atomic mass is 32.1. The van der Waals surface area contributed by atoms with E-state index < -0.39 is 17.5 Å². The predicted octanol–water partition coefficient (Wildman–Crippen LogP) is 2.30. The van der Waals surface area contributed by atoms with Gasteiger partial charge in [-0.3, -0.25) is 4.79 Å². The second-order valence-corrected chi connectivity index (χ2v) is 5.29. The number of ketones is 1. The zero-order valence-corrected chi connectivity index (χ0v) is 12.5. The van der Waals surface area contributed by atoms with E-state index in [1.807, 2.05) is 24.3 Å². The number of carbonyl (C=O) groups is 2. The van der Waals surface area contributed by atoms with Crippen molar-refractivity contribution in [3.63, 3.8) is 0 Å². The minimum Gasteiger partial charge on any atom is -0.506 e. The summed E-state index contributed by atoms with van der Waals surface area (Å²) in [5, 5.41) is 20.5. The maximum absolute atomic E-state index is 11.0. The monoisotopic (exact) mass is 319 g/mol. The van der Waals surface area contributed by atoms with Crippen molar-refractivity contribution in [3.05, 3.63) is 52.0 Å². The molecule has 114 valence electrons. The predicted molar refractivity (Wildman–Crippen MR) is 81.2 cm³/mol. The summed E-state index contributed by atoms with van der Waals surface area (Å²) in [6.07, 6.45) is 1.21. The summed E-state index contributed by atoms with van der Waals surface area (Å²) in [4.78, 5) is 25.6. The minimum absolute atomic E-state index is 0.183. The van der Waals surface area contributed by atoms with Gasteiger partial charge in [-0.15, -0.1) is 11.3 Å². The highest BCUT2D eigenvalue weighted by Gasteiger charge is 2.13. The largest absolute Gasteiger partial charge is 0.506 e. The van der Waals surface area contributed by atoms with Crippen molar-refractivity contribution in [2.45, 2.75) is 6.42 Å². The molecule has 0 aliphatic carbocycles. The first-order valence-electron chi connectivity index (χ1n) is 6.25. The van der Waals surface area contributed by atoms with Crippen molar-refractivity contribution in [2.75, 3.05) is 7.11 Å². The van der Waals surface area contributed by atoms with Gasteiger partial charge >= 0.3 is 5.97 Å². The number of hydrogen-bond acceptors (Lipinski definition) is 6. The van der Waals surface area contributed by atoms with E-state index in [1.165, 1.54) is 11.3 Å². The lowest BCUT2D eigenvalue weighted by Gasteiger charge is -2.01. The molecule has 0 unspecified atom stereocenters. The number of ether oxygens (including phenoxy) is 1. The van der Waals surface area contributed by atoms with Gasteiger partial charge in [-0.2, -0.15) is 0 Å². The molecule has 22 heavy (non-hydrogen) atoms. The summed E-state index contributed by atoms with van der Waals surface area (Å²) in [6.45, 7) is 0. The van der Waals surface area contributed by atoms with Gasteiger partial charge in [-0.1, -0.05) is 12.1 Å². The number of rotatable bonds is 6. The Bertz CT molecular complexity index is 718. The van der Waals surface area contributed by atoms with Gasteiger partial charge in [0, 0.05) is 17.9 Å². The van der Waals surface area contributed by atoms with Crippen LogP contribution in [0.3, 0.4) is 0 Å². The molecule has 0 spiro atoms. The summed E-state index contributed by atoms with van der Waals surface area (Å²) < 4.78 is 5.08. The summed E-state index contributed by atoms with van der Waals surface area (Å²) in [6, 6.07) is 7.49. The van der Waals surface area contributed by atoms with Crippen LogP contribution < -0.4 is 4.74 Å². The maximum Gasteiger partial charge on any atom is 0.376 e. The molecule has 0 radical (unpaired) electrons. The molecule has 1 aromatic carbocycles. The second-order valence-electron chi connectivity index (χ2n) is 4.35. The quantitative estimate of drug-likeness (QED) is 0.482. The molecule has 1 heterocycles. The van der Waals surface area contributed by atoms with Gasteiger partial charge in [0.05, 0.1) is 12.1 Å². The second kappa shape index (κ2) is 6.86. The van der Waals surface area contributed by atoms with Crippen molar-refractivity contribution in [3.8, 4) is 5.75 Å². The van der Waals surface area contributed by atoms with Crippen LogP contribution in [0.1, 0.15) is 16.3 Å². The molecule has 2 N–H and O–H groups in total. The molecule has 2 rings (SSSR count). The van der Waals surface area contributed by atoms with E-state index in [4.69, 9.17) is 9.84 Å². The zero-order valence-electron chi connectivity index (χ0n) is 11.6. The first-order valence-corrected chi connectivity index (χ1v) is 7.13. The first kappa shape index (κ1) is 15.7. The number of carbonyl (C=O) groups excluding carboxylic acids is 1. The molecule has 0 saturated carbocycles. The van der Waals surface area contributed by atoms with Crippen LogP contribution in [0.25, 0.3) is 5.76 Å². The first-order chi connectivity index (χ1) is 10.5. The number of benzene rings is 1. The molecule has 0 fully saturated rings. The molecule has 1 aromatic heterocycles. The van der Waals surface area contributed by atoms with Crippen LogP contribution in [0.2, 0.25) is 0 Å². The number of carboxylic acid groups (broad SMARTS) is 1. The average Bonchev–Trinajstić information content (AvgIpc) is 2.96. The average molecular weight is 319 g/mol. The van der Waals surface area contributed by atoms with E-state index in [-0.39, 0.29) is 5.69 Å². The summed E-state index contributed by atoms with van der Waals surface area (Å²) >= 11 is 1.32. The molecule has 0 saturated heterocycles. The molecule has 0 amide bonds. The van der Waals surface area contributed by atoms with Crippen LogP contribution in [0, 0.1) is 0 Å². The van der Waals surface area contributed by atoms with Crippen molar-refractivity contribution >= 4 is 28.8 Å². The van der Waals surface area contributed by atoms with Crippen LogP contribution in [0.15, 0.2) is 35.7 Å². The van der Waals surface area contributed by atoms with Gasteiger partial charge in [-0.05, 0) is 17.7 Å². The minimum atomic E-state index is -1.62. The SMILES string of the molecule is COc1ccc(Cc2nc(C(O)=CC(=O)C(=O)O)cs2)cc1. The number of methoxy groups -OCH3 is 1. The van der Waals surface area contributed by atoms with E-state index in [2.05, 4.69) is 4.98 Å². The van der Waals surface area contributed by atoms with Gasteiger partial charge in [0.15, 0.2) is 0 Å². The Balaban J connectivity index is 2.10. The lowest BCUT2D eigenvalue weighted by atomic mass is 10.1. The topological polar surface area (TPSA) is 96.7 Å². The molecule has 0 bridgehead atoms. The number of thiazole rings is 1. The van der Waals surface area contributed by atoms with E-state index >= 15 is 0 Å². The van der Waals surface area contributed by atoms with E-state index in [9.17, 15) is 14.7 Å². The molecule has 6 nitrogen and oxygen atoms in total. The van der Waals surface area contributed by atoms with Gasteiger partial charge in [0.25, 0.3) is 5.78 Å². The Hall–Kier alpha value is -2.67. The Labute approximate surface area is 130 Å². The Morgan fingerprint density at radius 1 is 1.27 bits per heavy atom. The smallest absolute Gasteiger partial charge is 0.376 e. The molecule has 0 atom stereocenters. The Morgan fingerprint density at radius 3 is 2.55 bits per heavy atom. The summed E-state index contributed by atoms with van der Waals surface area (Å²) in [7, 11) is 1.59. The van der Waals surface area contributed by atoms with Gasteiger partial charge in [0.2, 0.25) is 0 Å². The fraction of sp³-hybridized carbons (Fsp3) is 0.133. The van der Waals surface area contributed by atoms with Crippen LogP contribution in [-0.2, 0) is 16.0 Å². The summed E-state index contributed by atoms with van der Waals surface area (Å²) in [5.41, 5.74) is 1.20. The number of aromatic nitrogens is 1. The third-order valence-corrected chi connectivity index (χ3v) is 3.66. The van der Waals surface area contributed by atoms with Gasteiger partial charge in [0.1, 0.15) is 17.2 Å². The Morgan fingerprint density at radius 2 is 1.95 bits per heavy atom. The number of aliphatic carboxylic acids is 1. The fourth-order valence-corrected chi connectivity index (χ4v) is 2.51. The number of hydrogen-bond donors (Lipinski definition) is 2. The van der Waals surface area contributed by atoms with E-state index in [0.717, 1.165) is 16.3 Å². The molecule has 2 aromatic rings. The zero-order chi connectivity index (χ0) is 16.1. The standard InChI is InChI=1S/C15H13NO5S/c1-21-10-4-2-9(3-5-10)6-14-16-11(8-22-14)12(17)7-13(18)15(19)20/h2-5,7-8,17H,6H2,1H3,(H,19,20). The highest BCUT2D eigenvalue weighted by molar-refractivity contribution is 7.09. The normalized spacial score (nSPS) is 11.2. The van der Waals surface area contributed by atoms with Crippen molar-refractivity contribution in [1.82, 2.24) is 4.98 Å². The highest BCUT2D eigenvalue weighted by Crippen LogP contribution is 2.20. The third kappa shape index (κ3) is 3.92. The van der Waals surface area contributed by atoms with E-state index in [1.54, 1.807) is 12.5 Å². The van der Waals surface area contributed by atoms with Gasteiger partial charge in [-0.25, -0.2) is 9.78 Å². The van der Waals surface area contributed by atoms with Crippen molar-refractivity contribution in [2.24, 2.45) is 0 Å². The molecular weight excluding hydrogens is 306 g/mol. The van der Waals surface area contributed by atoms with Gasteiger partial charge < -0.3 is 14.9 Å². The van der Waals surface area contributed by atoms with Crippen molar-refractivity contribution in [1.29, 1.82) is 0 Å². The number of nitrogens with zero attached hydrogens (tertiary/aromatic N) is 1. The van der Waals surface area contributed by atoms with Crippen molar-refractivity contribution < 1.29 is 24.5 Å². The molecule has 0 aliphatic heterocycles. The van der Waals surface area contributed by atoms with Crippen LogP contribution in [0.4, 0.5) is 0 Å². The van der Waals surface area contributed by atoms with Crippen LogP contribution in [-0.4, -0.2) is 34.1 Å².